The molecule has 0 radical (unpaired) electrons. The summed E-state index contributed by atoms with van der Waals surface area (Å²) in [6.45, 7) is 11.0. The van der Waals surface area contributed by atoms with Crippen LogP contribution in [0.5, 0.6) is 0 Å². The second-order valence-electron chi connectivity index (χ2n) is 4.60. The van der Waals surface area contributed by atoms with Crippen LogP contribution in [0.15, 0.2) is 0 Å². The summed E-state index contributed by atoms with van der Waals surface area (Å²) < 4.78 is 11.2. The van der Waals surface area contributed by atoms with Crippen LogP contribution in [-0.4, -0.2) is 38.0 Å². The minimum Gasteiger partial charge on any atom is -0.376 e. The van der Waals surface area contributed by atoms with Gasteiger partial charge in [-0.2, -0.15) is 0 Å². The third kappa shape index (κ3) is 3.95. The van der Waals surface area contributed by atoms with Crippen LogP contribution in [0, 0.1) is 5.92 Å². The van der Waals surface area contributed by atoms with E-state index in [-0.39, 0.29) is 6.10 Å². The Bertz CT molecular complexity index is 151. The van der Waals surface area contributed by atoms with E-state index >= 15 is 0 Å². The molecular weight excluding hydrogens is 178 g/mol. The lowest BCUT2D eigenvalue weighted by Gasteiger charge is -2.32. The van der Waals surface area contributed by atoms with E-state index in [1.807, 2.05) is 13.8 Å². The van der Waals surface area contributed by atoms with Crippen molar-refractivity contribution in [2.75, 3.05) is 19.8 Å². The highest BCUT2D eigenvalue weighted by atomic mass is 16.5. The molecule has 0 aliphatic carbocycles. The molecule has 0 aromatic heterocycles. The molecule has 3 heteroatoms. The van der Waals surface area contributed by atoms with Crippen molar-refractivity contribution in [3.63, 3.8) is 0 Å². The van der Waals surface area contributed by atoms with Gasteiger partial charge >= 0.3 is 0 Å². The first-order chi connectivity index (χ1) is 6.59. The Labute approximate surface area is 87.2 Å². The Morgan fingerprint density at radius 2 is 2.07 bits per heavy atom. The molecule has 3 nitrogen and oxygen atoms in total. The van der Waals surface area contributed by atoms with Crippen molar-refractivity contribution in [2.24, 2.45) is 5.92 Å². The molecule has 1 rings (SSSR count). The van der Waals surface area contributed by atoms with E-state index in [4.69, 9.17) is 9.47 Å². The molecule has 0 spiro atoms. The van der Waals surface area contributed by atoms with Gasteiger partial charge in [0.1, 0.15) is 0 Å². The SMILES string of the molecule is CC(C)OCC1CNC(C(C)C)CO1. The summed E-state index contributed by atoms with van der Waals surface area (Å²) in [7, 11) is 0. The molecule has 0 bridgehead atoms. The number of morpholine rings is 1. The van der Waals surface area contributed by atoms with Gasteiger partial charge in [0.2, 0.25) is 0 Å². The molecule has 1 N–H and O–H groups in total. The van der Waals surface area contributed by atoms with E-state index in [0.29, 0.717) is 24.7 Å². The average molecular weight is 201 g/mol. The molecule has 1 aliphatic heterocycles. The first-order valence-electron chi connectivity index (χ1n) is 5.56. The molecule has 0 aromatic rings. The molecule has 1 heterocycles. The molecule has 1 aliphatic rings. The normalized spacial score (nSPS) is 28.7. The predicted octanol–water partition coefficient (Wildman–Crippen LogP) is 1.42. The van der Waals surface area contributed by atoms with Crippen LogP contribution < -0.4 is 5.32 Å². The standard InChI is InChI=1S/C11H23NO2/c1-8(2)11-7-14-10(5-12-11)6-13-9(3)4/h8-12H,5-7H2,1-4H3. The zero-order chi connectivity index (χ0) is 10.6. The van der Waals surface area contributed by atoms with E-state index in [0.717, 1.165) is 13.2 Å². The molecule has 2 unspecified atom stereocenters. The van der Waals surface area contributed by atoms with Crippen molar-refractivity contribution in [3.05, 3.63) is 0 Å². The second kappa shape index (κ2) is 5.69. The molecular formula is C11H23NO2. The molecule has 0 saturated carbocycles. The summed E-state index contributed by atoms with van der Waals surface area (Å²) in [5.74, 6) is 0.641. The molecule has 1 fully saturated rings. The first-order valence-corrected chi connectivity index (χ1v) is 5.56. The van der Waals surface area contributed by atoms with Crippen LogP contribution >= 0.6 is 0 Å². The summed E-state index contributed by atoms with van der Waals surface area (Å²) in [6, 6.07) is 0.505. The van der Waals surface area contributed by atoms with Crippen LogP contribution in [-0.2, 0) is 9.47 Å². The first kappa shape index (κ1) is 12.0. The van der Waals surface area contributed by atoms with Crippen LogP contribution in [0.2, 0.25) is 0 Å². The Morgan fingerprint density at radius 3 is 2.50 bits per heavy atom. The van der Waals surface area contributed by atoms with Gasteiger partial charge in [0.25, 0.3) is 0 Å². The monoisotopic (exact) mass is 201 g/mol. The summed E-state index contributed by atoms with van der Waals surface area (Å²) in [6.07, 6.45) is 0.522. The van der Waals surface area contributed by atoms with E-state index < -0.39 is 0 Å². The fraction of sp³-hybridized carbons (Fsp3) is 1.00. The van der Waals surface area contributed by atoms with Crippen molar-refractivity contribution in [3.8, 4) is 0 Å². The van der Waals surface area contributed by atoms with Gasteiger partial charge in [0, 0.05) is 12.6 Å². The highest BCUT2D eigenvalue weighted by Crippen LogP contribution is 2.09. The van der Waals surface area contributed by atoms with Crippen LogP contribution in [0.1, 0.15) is 27.7 Å². The quantitative estimate of drug-likeness (QED) is 0.746. The van der Waals surface area contributed by atoms with Gasteiger partial charge in [-0.25, -0.2) is 0 Å². The van der Waals surface area contributed by atoms with Crippen LogP contribution in [0.25, 0.3) is 0 Å². The average Bonchev–Trinajstić information content (AvgIpc) is 2.15. The minimum atomic E-state index is 0.229. The Balaban J connectivity index is 2.16. The number of rotatable bonds is 4. The highest BCUT2D eigenvalue weighted by Gasteiger charge is 2.23. The third-order valence-corrected chi connectivity index (χ3v) is 2.54. The molecule has 1 saturated heterocycles. The molecule has 0 amide bonds. The van der Waals surface area contributed by atoms with E-state index in [9.17, 15) is 0 Å². The fourth-order valence-corrected chi connectivity index (χ4v) is 1.48. The maximum Gasteiger partial charge on any atom is 0.0933 e. The summed E-state index contributed by atoms with van der Waals surface area (Å²) in [4.78, 5) is 0. The fourth-order valence-electron chi connectivity index (χ4n) is 1.48. The van der Waals surface area contributed by atoms with Gasteiger partial charge in [-0.15, -0.1) is 0 Å². The van der Waals surface area contributed by atoms with Crippen molar-refractivity contribution in [2.45, 2.75) is 45.9 Å². The number of nitrogens with one attached hydrogen (secondary N) is 1. The number of ether oxygens (including phenoxy) is 2. The lowest BCUT2D eigenvalue weighted by Crippen LogP contribution is -2.50. The zero-order valence-electron chi connectivity index (χ0n) is 9.75. The smallest absolute Gasteiger partial charge is 0.0933 e. The van der Waals surface area contributed by atoms with Crippen molar-refractivity contribution < 1.29 is 9.47 Å². The van der Waals surface area contributed by atoms with E-state index in [1.54, 1.807) is 0 Å². The lowest BCUT2D eigenvalue weighted by molar-refractivity contribution is -0.0645. The number of hydrogen-bond acceptors (Lipinski definition) is 3. The lowest BCUT2D eigenvalue weighted by atomic mass is 10.0. The molecule has 14 heavy (non-hydrogen) atoms. The van der Waals surface area contributed by atoms with E-state index in [1.165, 1.54) is 0 Å². The van der Waals surface area contributed by atoms with Gasteiger partial charge in [0.05, 0.1) is 25.4 Å². The van der Waals surface area contributed by atoms with Crippen LogP contribution in [0.4, 0.5) is 0 Å². The molecule has 2 atom stereocenters. The van der Waals surface area contributed by atoms with Crippen molar-refractivity contribution >= 4 is 0 Å². The van der Waals surface area contributed by atoms with Gasteiger partial charge in [0.15, 0.2) is 0 Å². The number of hydrogen-bond donors (Lipinski definition) is 1. The maximum absolute atomic E-state index is 5.71. The van der Waals surface area contributed by atoms with Gasteiger partial charge < -0.3 is 14.8 Å². The zero-order valence-corrected chi connectivity index (χ0v) is 9.75. The maximum atomic E-state index is 5.71. The topological polar surface area (TPSA) is 30.5 Å². The van der Waals surface area contributed by atoms with Gasteiger partial charge in [-0.05, 0) is 19.8 Å². The van der Waals surface area contributed by atoms with Crippen molar-refractivity contribution in [1.82, 2.24) is 5.32 Å². The predicted molar refractivity (Wildman–Crippen MR) is 57.5 cm³/mol. The summed E-state index contributed by atoms with van der Waals surface area (Å²) in [5.41, 5.74) is 0. The van der Waals surface area contributed by atoms with Crippen molar-refractivity contribution in [1.29, 1.82) is 0 Å². The van der Waals surface area contributed by atoms with Gasteiger partial charge in [-0.1, -0.05) is 13.8 Å². The second-order valence-corrected chi connectivity index (χ2v) is 4.60. The Hall–Kier alpha value is -0.120. The van der Waals surface area contributed by atoms with Gasteiger partial charge in [-0.3, -0.25) is 0 Å². The largest absolute Gasteiger partial charge is 0.376 e. The summed E-state index contributed by atoms with van der Waals surface area (Å²) in [5, 5.41) is 3.49. The van der Waals surface area contributed by atoms with E-state index in [2.05, 4.69) is 19.2 Å². The summed E-state index contributed by atoms with van der Waals surface area (Å²) >= 11 is 0. The Morgan fingerprint density at radius 1 is 1.36 bits per heavy atom. The molecule has 0 aromatic carbocycles. The highest BCUT2D eigenvalue weighted by molar-refractivity contribution is 4.78. The minimum absolute atomic E-state index is 0.229. The van der Waals surface area contributed by atoms with Crippen LogP contribution in [0.3, 0.4) is 0 Å². The Kier molecular flexibility index (Phi) is 4.85. The third-order valence-electron chi connectivity index (χ3n) is 2.54. The molecule has 84 valence electrons.